The van der Waals surface area contributed by atoms with Crippen molar-refractivity contribution in [3.63, 3.8) is 0 Å². The summed E-state index contributed by atoms with van der Waals surface area (Å²) in [5.41, 5.74) is 2.44. The molecule has 0 amide bonds. The first-order chi connectivity index (χ1) is 16.5. The highest BCUT2D eigenvalue weighted by Gasteiger charge is 2.30. The lowest BCUT2D eigenvalue weighted by atomic mass is 10.1. The first kappa shape index (κ1) is 24.0. The van der Waals surface area contributed by atoms with Gasteiger partial charge in [-0.15, -0.1) is 5.10 Å². The van der Waals surface area contributed by atoms with Gasteiger partial charge in [0.2, 0.25) is 0 Å². The first-order valence-electron chi connectivity index (χ1n) is 11.9. The van der Waals surface area contributed by atoms with Gasteiger partial charge < -0.3 is 14.5 Å². The third kappa shape index (κ3) is 5.34. The van der Waals surface area contributed by atoms with E-state index in [4.69, 9.17) is 9.47 Å². The maximum absolute atomic E-state index is 13.0. The number of carbonyl (C=O) groups excluding carboxylic acids is 1. The van der Waals surface area contributed by atoms with E-state index in [1.807, 2.05) is 38.1 Å². The monoisotopic (exact) mass is 468 g/mol. The summed E-state index contributed by atoms with van der Waals surface area (Å²) >= 11 is 0. The molecule has 34 heavy (non-hydrogen) atoms. The maximum atomic E-state index is 13.0. The van der Waals surface area contributed by atoms with Gasteiger partial charge in [-0.2, -0.15) is 0 Å². The number of rotatable bonds is 10. The third-order valence-corrected chi connectivity index (χ3v) is 6.27. The molecule has 0 unspecified atom stereocenters. The summed E-state index contributed by atoms with van der Waals surface area (Å²) in [7, 11) is 0. The summed E-state index contributed by atoms with van der Waals surface area (Å²) in [6.07, 6.45) is 2.76. The van der Waals surface area contributed by atoms with Crippen LogP contribution in [0.5, 0.6) is 0 Å². The SMILES string of the molecule is CCOC(=O)Cn1nnnc1[C@H](CC)N(Cc1cc2cccc(C)c2[nH]c1=O)C[C@@H]1CCCO1. The van der Waals surface area contributed by atoms with Gasteiger partial charge in [0.1, 0.15) is 6.54 Å². The molecule has 10 heteroatoms. The van der Waals surface area contributed by atoms with E-state index in [1.165, 1.54) is 4.68 Å². The summed E-state index contributed by atoms with van der Waals surface area (Å²) in [6, 6.07) is 7.73. The molecule has 1 aliphatic heterocycles. The van der Waals surface area contributed by atoms with Crippen molar-refractivity contribution in [3.05, 3.63) is 51.6 Å². The van der Waals surface area contributed by atoms with E-state index in [0.29, 0.717) is 37.5 Å². The van der Waals surface area contributed by atoms with Crippen LogP contribution in [0.25, 0.3) is 10.9 Å². The number of carbonyl (C=O) groups is 1. The quantitative estimate of drug-likeness (QED) is 0.451. The van der Waals surface area contributed by atoms with Crippen molar-refractivity contribution in [2.75, 3.05) is 19.8 Å². The topological polar surface area (TPSA) is 115 Å². The largest absolute Gasteiger partial charge is 0.465 e. The van der Waals surface area contributed by atoms with Crippen LogP contribution in [0.1, 0.15) is 56.1 Å². The highest BCUT2D eigenvalue weighted by atomic mass is 16.5. The number of pyridine rings is 1. The van der Waals surface area contributed by atoms with Crippen LogP contribution in [-0.4, -0.2) is 61.9 Å². The fourth-order valence-electron chi connectivity index (χ4n) is 4.61. The number of aromatic amines is 1. The lowest BCUT2D eigenvalue weighted by Gasteiger charge is -2.32. The fourth-order valence-corrected chi connectivity index (χ4v) is 4.61. The van der Waals surface area contributed by atoms with Crippen LogP contribution in [-0.2, 0) is 27.4 Å². The number of aromatic nitrogens is 5. The predicted octanol–water partition coefficient (Wildman–Crippen LogP) is 2.52. The fraction of sp³-hybridized carbons (Fsp3) is 0.542. The summed E-state index contributed by atoms with van der Waals surface area (Å²) < 4.78 is 12.5. The summed E-state index contributed by atoms with van der Waals surface area (Å²) in [5, 5.41) is 13.1. The minimum Gasteiger partial charge on any atom is -0.465 e. The average Bonchev–Trinajstić information content (AvgIpc) is 3.48. The van der Waals surface area contributed by atoms with Gasteiger partial charge >= 0.3 is 5.97 Å². The van der Waals surface area contributed by atoms with Crippen LogP contribution in [0.4, 0.5) is 0 Å². The van der Waals surface area contributed by atoms with Crippen LogP contribution >= 0.6 is 0 Å². The molecule has 4 rings (SSSR count). The van der Waals surface area contributed by atoms with Crippen molar-refractivity contribution < 1.29 is 14.3 Å². The molecule has 1 aromatic carbocycles. The second-order valence-corrected chi connectivity index (χ2v) is 8.65. The summed E-state index contributed by atoms with van der Waals surface area (Å²) in [5.74, 6) is 0.180. The van der Waals surface area contributed by atoms with Gasteiger partial charge in [0.25, 0.3) is 5.56 Å². The lowest BCUT2D eigenvalue weighted by molar-refractivity contribution is -0.144. The van der Waals surface area contributed by atoms with E-state index in [1.54, 1.807) is 6.92 Å². The van der Waals surface area contributed by atoms with Gasteiger partial charge in [-0.3, -0.25) is 14.5 Å². The smallest absolute Gasteiger partial charge is 0.327 e. The molecule has 3 aromatic rings. The van der Waals surface area contributed by atoms with E-state index in [2.05, 4.69) is 25.4 Å². The van der Waals surface area contributed by atoms with E-state index in [0.717, 1.165) is 35.9 Å². The molecule has 182 valence electrons. The number of tetrazole rings is 1. The zero-order chi connectivity index (χ0) is 24.1. The van der Waals surface area contributed by atoms with Crippen molar-refractivity contribution in [2.45, 2.75) is 65.3 Å². The molecule has 1 N–H and O–H groups in total. The number of H-pyrrole nitrogens is 1. The van der Waals surface area contributed by atoms with E-state index < -0.39 is 5.97 Å². The zero-order valence-electron chi connectivity index (χ0n) is 20.0. The molecule has 0 bridgehead atoms. The highest BCUT2D eigenvalue weighted by Crippen LogP contribution is 2.27. The zero-order valence-corrected chi connectivity index (χ0v) is 20.0. The first-order valence-corrected chi connectivity index (χ1v) is 11.9. The van der Waals surface area contributed by atoms with Crippen molar-refractivity contribution in [1.82, 2.24) is 30.1 Å². The van der Waals surface area contributed by atoms with Crippen LogP contribution in [0.2, 0.25) is 0 Å². The molecule has 1 saturated heterocycles. The number of para-hydroxylation sites is 1. The van der Waals surface area contributed by atoms with Gasteiger partial charge in [-0.25, -0.2) is 4.68 Å². The third-order valence-electron chi connectivity index (χ3n) is 6.27. The Kier molecular flexibility index (Phi) is 7.69. The normalized spacial score (nSPS) is 16.9. The van der Waals surface area contributed by atoms with Crippen molar-refractivity contribution in [1.29, 1.82) is 0 Å². The number of nitrogens with zero attached hydrogens (tertiary/aromatic N) is 5. The van der Waals surface area contributed by atoms with Crippen LogP contribution in [0.15, 0.2) is 29.1 Å². The van der Waals surface area contributed by atoms with E-state index in [-0.39, 0.29) is 24.2 Å². The van der Waals surface area contributed by atoms with Crippen molar-refractivity contribution in [3.8, 4) is 0 Å². The Morgan fingerprint density at radius 2 is 2.24 bits per heavy atom. The molecule has 0 saturated carbocycles. The molecule has 1 fully saturated rings. The standard InChI is InChI=1S/C24H32N6O4/c1-4-20(23-26-27-28-30(23)15-21(31)33-5-2)29(14-19-10-7-11-34-19)13-18-12-17-9-6-8-16(3)22(17)25-24(18)32/h6,8-9,12,19-20H,4-5,7,10-11,13-15H2,1-3H3,(H,25,32)/t19-,20-/m0/s1. The molecule has 0 aliphatic carbocycles. The number of nitrogens with one attached hydrogen (secondary N) is 1. The predicted molar refractivity (Wildman–Crippen MR) is 126 cm³/mol. The molecule has 1 aliphatic rings. The Morgan fingerprint density at radius 3 is 2.97 bits per heavy atom. The minimum atomic E-state index is -0.391. The second-order valence-electron chi connectivity index (χ2n) is 8.65. The van der Waals surface area contributed by atoms with E-state index >= 15 is 0 Å². The van der Waals surface area contributed by atoms with Gasteiger partial charge in [-0.05, 0) is 60.6 Å². The van der Waals surface area contributed by atoms with Crippen LogP contribution in [0.3, 0.4) is 0 Å². The number of fused-ring (bicyclic) bond motifs is 1. The Morgan fingerprint density at radius 1 is 1.38 bits per heavy atom. The number of hydrogen-bond acceptors (Lipinski definition) is 8. The highest BCUT2D eigenvalue weighted by molar-refractivity contribution is 5.81. The molecule has 2 atom stereocenters. The second kappa shape index (κ2) is 10.9. The lowest BCUT2D eigenvalue weighted by Crippen LogP contribution is -2.38. The Balaban J connectivity index is 1.67. The molecule has 3 heterocycles. The number of aryl methyl sites for hydroxylation is 1. The summed E-state index contributed by atoms with van der Waals surface area (Å²) in [4.78, 5) is 30.4. The number of benzene rings is 1. The number of esters is 1. The minimum absolute atomic E-state index is 0.0592. The average molecular weight is 469 g/mol. The van der Waals surface area contributed by atoms with Crippen LogP contribution < -0.4 is 5.56 Å². The van der Waals surface area contributed by atoms with E-state index in [9.17, 15) is 9.59 Å². The molecular formula is C24H32N6O4. The Bertz CT molecular complexity index is 1180. The van der Waals surface area contributed by atoms with Gasteiger partial charge in [-0.1, -0.05) is 25.1 Å². The van der Waals surface area contributed by atoms with Crippen molar-refractivity contribution >= 4 is 16.9 Å². The van der Waals surface area contributed by atoms with Gasteiger partial charge in [0.05, 0.1) is 24.3 Å². The maximum Gasteiger partial charge on any atom is 0.327 e. The van der Waals surface area contributed by atoms with Gasteiger partial charge in [0.15, 0.2) is 5.82 Å². The van der Waals surface area contributed by atoms with Crippen LogP contribution in [0, 0.1) is 6.92 Å². The number of hydrogen-bond donors (Lipinski definition) is 1. The Hall–Kier alpha value is -3.11. The Labute approximate surface area is 198 Å². The summed E-state index contributed by atoms with van der Waals surface area (Å²) in [6.45, 7) is 7.81. The number of ether oxygens (including phenoxy) is 2. The molecule has 0 spiro atoms. The molecular weight excluding hydrogens is 436 g/mol. The molecule has 0 radical (unpaired) electrons. The molecule has 2 aromatic heterocycles. The molecule has 10 nitrogen and oxygen atoms in total. The van der Waals surface area contributed by atoms with Gasteiger partial charge in [0, 0.05) is 25.3 Å². The van der Waals surface area contributed by atoms with Crippen molar-refractivity contribution in [2.24, 2.45) is 0 Å².